The number of hydrogen-bond acceptors (Lipinski definition) is 2. The van der Waals surface area contributed by atoms with Crippen molar-refractivity contribution in [3.05, 3.63) is 36.5 Å². The Kier molecular flexibility index (Phi) is 2.03. The lowest BCUT2D eigenvalue weighted by Crippen LogP contribution is -1.90. The number of aromatic amines is 1. The maximum absolute atomic E-state index is 5.46. The zero-order valence-electron chi connectivity index (χ0n) is 9.03. The molecule has 0 aliphatic rings. The van der Waals surface area contributed by atoms with Crippen LogP contribution in [0.1, 0.15) is 6.92 Å². The van der Waals surface area contributed by atoms with Crippen LogP contribution in [0.25, 0.3) is 21.8 Å². The van der Waals surface area contributed by atoms with Gasteiger partial charge >= 0.3 is 0 Å². The third kappa shape index (κ3) is 1.33. The van der Waals surface area contributed by atoms with E-state index in [0.29, 0.717) is 6.61 Å². The lowest BCUT2D eigenvalue weighted by molar-refractivity contribution is 0.329. The molecule has 0 aliphatic heterocycles. The minimum absolute atomic E-state index is 0.665. The fourth-order valence-corrected chi connectivity index (χ4v) is 1.94. The lowest BCUT2D eigenvalue weighted by Gasteiger charge is -1.98. The monoisotopic (exact) mass is 212 g/mol. The third-order valence-corrected chi connectivity index (χ3v) is 2.64. The van der Waals surface area contributed by atoms with Crippen molar-refractivity contribution in [1.82, 2.24) is 9.97 Å². The number of benzene rings is 1. The summed E-state index contributed by atoms with van der Waals surface area (Å²) in [5.41, 5.74) is 2.09. The van der Waals surface area contributed by atoms with Crippen LogP contribution in [-0.2, 0) is 0 Å². The average molecular weight is 212 g/mol. The molecule has 16 heavy (non-hydrogen) atoms. The van der Waals surface area contributed by atoms with Crippen LogP contribution in [0.2, 0.25) is 0 Å². The Bertz CT molecular complexity index is 643. The molecule has 3 rings (SSSR count). The molecule has 3 aromatic rings. The Labute approximate surface area is 93.1 Å². The van der Waals surface area contributed by atoms with Gasteiger partial charge in [-0.25, -0.2) is 0 Å². The van der Waals surface area contributed by atoms with Crippen LogP contribution in [0.4, 0.5) is 0 Å². The van der Waals surface area contributed by atoms with E-state index in [-0.39, 0.29) is 0 Å². The van der Waals surface area contributed by atoms with E-state index in [4.69, 9.17) is 4.74 Å². The SMILES string of the molecule is CCOc1cc2cnc3ccccc3c2[nH]1. The van der Waals surface area contributed by atoms with Crippen molar-refractivity contribution in [2.45, 2.75) is 6.92 Å². The maximum atomic E-state index is 5.46. The molecule has 0 unspecified atom stereocenters. The molecule has 80 valence electrons. The number of pyridine rings is 1. The first-order valence-corrected chi connectivity index (χ1v) is 5.38. The second-order valence-corrected chi connectivity index (χ2v) is 3.67. The fraction of sp³-hybridized carbons (Fsp3) is 0.154. The summed E-state index contributed by atoms with van der Waals surface area (Å²) < 4.78 is 5.46. The van der Waals surface area contributed by atoms with Gasteiger partial charge in [0, 0.05) is 23.0 Å². The highest BCUT2D eigenvalue weighted by molar-refractivity contribution is 6.03. The predicted octanol–water partition coefficient (Wildman–Crippen LogP) is 3.11. The number of rotatable bonds is 2. The highest BCUT2D eigenvalue weighted by Crippen LogP contribution is 2.26. The van der Waals surface area contributed by atoms with Crippen LogP contribution >= 0.6 is 0 Å². The number of hydrogen-bond donors (Lipinski definition) is 1. The molecular weight excluding hydrogens is 200 g/mol. The molecular formula is C13H12N2O. The molecule has 1 aromatic carbocycles. The Hall–Kier alpha value is -2.03. The quantitative estimate of drug-likeness (QED) is 0.708. The Morgan fingerprint density at radius 3 is 3.06 bits per heavy atom. The number of fused-ring (bicyclic) bond motifs is 3. The highest BCUT2D eigenvalue weighted by Gasteiger charge is 2.05. The summed E-state index contributed by atoms with van der Waals surface area (Å²) in [6, 6.07) is 10.1. The molecule has 0 radical (unpaired) electrons. The van der Waals surface area contributed by atoms with E-state index in [2.05, 4.69) is 16.0 Å². The van der Waals surface area contributed by atoms with Crippen LogP contribution < -0.4 is 4.74 Å². The van der Waals surface area contributed by atoms with Gasteiger partial charge < -0.3 is 9.72 Å². The van der Waals surface area contributed by atoms with Crippen LogP contribution in [-0.4, -0.2) is 16.6 Å². The molecule has 0 saturated heterocycles. The van der Waals surface area contributed by atoms with Gasteiger partial charge in [0.25, 0.3) is 0 Å². The van der Waals surface area contributed by atoms with Crippen molar-refractivity contribution in [1.29, 1.82) is 0 Å². The first kappa shape index (κ1) is 9.21. The van der Waals surface area contributed by atoms with Crippen LogP contribution in [0.3, 0.4) is 0 Å². The van der Waals surface area contributed by atoms with Gasteiger partial charge in [0.05, 0.1) is 17.6 Å². The minimum atomic E-state index is 0.665. The molecule has 3 heteroatoms. The summed E-state index contributed by atoms with van der Waals surface area (Å²) in [4.78, 5) is 7.68. The molecule has 0 amide bonds. The summed E-state index contributed by atoms with van der Waals surface area (Å²) in [5, 5.41) is 2.22. The molecule has 0 atom stereocenters. The molecule has 0 saturated carbocycles. The number of nitrogens with zero attached hydrogens (tertiary/aromatic N) is 1. The third-order valence-electron chi connectivity index (χ3n) is 2.64. The first-order valence-electron chi connectivity index (χ1n) is 5.38. The zero-order chi connectivity index (χ0) is 11.0. The Balaban J connectivity index is 2.32. The number of para-hydroxylation sites is 1. The molecule has 0 fully saturated rings. The van der Waals surface area contributed by atoms with Crippen LogP contribution in [0.5, 0.6) is 5.88 Å². The van der Waals surface area contributed by atoms with Crippen LogP contribution in [0, 0.1) is 0 Å². The van der Waals surface area contributed by atoms with Gasteiger partial charge in [-0.2, -0.15) is 0 Å². The van der Waals surface area contributed by atoms with Gasteiger partial charge in [-0.1, -0.05) is 18.2 Å². The van der Waals surface area contributed by atoms with E-state index in [0.717, 1.165) is 27.7 Å². The molecule has 1 N–H and O–H groups in total. The summed E-state index contributed by atoms with van der Waals surface area (Å²) >= 11 is 0. The predicted molar refractivity (Wildman–Crippen MR) is 64.8 cm³/mol. The molecule has 2 aromatic heterocycles. The minimum Gasteiger partial charge on any atom is -0.479 e. The van der Waals surface area contributed by atoms with Crippen LogP contribution in [0.15, 0.2) is 36.5 Å². The number of H-pyrrole nitrogens is 1. The van der Waals surface area contributed by atoms with Gasteiger partial charge in [0.2, 0.25) is 0 Å². The molecule has 0 bridgehead atoms. The van der Waals surface area contributed by atoms with Gasteiger partial charge in [0.15, 0.2) is 5.88 Å². The highest BCUT2D eigenvalue weighted by atomic mass is 16.5. The number of nitrogens with one attached hydrogen (secondary N) is 1. The van der Waals surface area contributed by atoms with Crippen molar-refractivity contribution in [2.75, 3.05) is 6.61 Å². The van der Waals surface area contributed by atoms with E-state index >= 15 is 0 Å². The van der Waals surface area contributed by atoms with Crippen molar-refractivity contribution in [3.8, 4) is 5.88 Å². The average Bonchev–Trinajstić information content (AvgIpc) is 2.72. The standard InChI is InChI=1S/C13H12N2O/c1-2-16-12-7-9-8-14-11-6-4-3-5-10(11)13(9)15-12/h3-8,15H,2H2,1H3. The topological polar surface area (TPSA) is 37.9 Å². The van der Waals surface area contributed by atoms with Gasteiger partial charge in [-0.3, -0.25) is 4.98 Å². The molecule has 3 nitrogen and oxygen atoms in total. The van der Waals surface area contributed by atoms with Crippen molar-refractivity contribution >= 4 is 21.8 Å². The summed E-state index contributed by atoms with van der Waals surface area (Å²) in [6.07, 6.45) is 1.87. The summed E-state index contributed by atoms with van der Waals surface area (Å²) in [5.74, 6) is 0.802. The normalized spacial score (nSPS) is 11.1. The van der Waals surface area contributed by atoms with Gasteiger partial charge in [-0.05, 0) is 13.0 Å². The second-order valence-electron chi connectivity index (χ2n) is 3.67. The second kappa shape index (κ2) is 3.52. The molecule has 0 spiro atoms. The number of ether oxygens (including phenoxy) is 1. The Morgan fingerprint density at radius 2 is 2.19 bits per heavy atom. The van der Waals surface area contributed by atoms with E-state index < -0.39 is 0 Å². The smallest absolute Gasteiger partial charge is 0.191 e. The zero-order valence-corrected chi connectivity index (χ0v) is 9.03. The fourth-order valence-electron chi connectivity index (χ4n) is 1.94. The van der Waals surface area contributed by atoms with E-state index in [1.54, 1.807) is 0 Å². The maximum Gasteiger partial charge on any atom is 0.191 e. The first-order chi connectivity index (χ1) is 7.88. The van der Waals surface area contributed by atoms with Crippen molar-refractivity contribution in [3.63, 3.8) is 0 Å². The Morgan fingerprint density at radius 1 is 1.31 bits per heavy atom. The summed E-state index contributed by atoms with van der Waals surface area (Å²) in [6.45, 7) is 2.64. The van der Waals surface area contributed by atoms with E-state index in [1.165, 1.54) is 0 Å². The summed E-state index contributed by atoms with van der Waals surface area (Å²) in [7, 11) is 0. The number of aromatic nitrogens is 2. The molecule has 2 heterocycles. The van der Waals surface area contributed by atoms with E-state index in [1.807, 2.05) is 37.4 Å². The van der Waals surface area contributed by atoms with Gasteiger partial charge in [0.1, 0.15) is 0 Å². The van der Waals surface area contributed by atoms with Gasteiger partial charge in [-0.15, -0.1) is 0 Å². The molecule has 0 aliphatic carbocycles. The van der Waals surface area contributed by atoms with Crippen molar-refractivity contribution in [2.24, 2.45) is 0 Å². The largest absolute Gasteiger partial charge is 0.479 e. The lowest BCUT2D eigenvalue weighted by atomic mass is 10.2. The van der Waals surface area contributed by atoms with E-state index in [9.17, 15) is 0 Å². The van der Waals surface area contributed by atoms with Crippen molar-refractivity contribution < 1.29 is 4.74 Å².